The zero-order valence-electron chi connectivity index (χ0n) is 8.35. The minimum Gasteiger partial charge on any atom is -0.393 e. The summed E-state index contributed by atoms with van der Waals surface area (Å²) < 4.78 is 0. The van der Waals surface area contributed by atoms with Gasteiger partial charge in [-0.2, -0.15) is 0 Å². The third kappa shape index (κ3) is 1.18. The second kappa shape index (κ2) is 2.56. The number of aliphatic hydroxyl groups is 1. The summed E-state index contributed by atoms with van der Waals surface area (Å²) in [6, 6.07) is 0. The molecule has 0 aromatic rings. The molecule has 12 heavy (non-hydrogen) atoms. The van der Waals surface area contributed by atoms with Crippen LogP contribution in [0.3, 0.4) is 0 Å². The van der Waals surface area contributed by atoms with Crippen molar-refractivity contribution in [3.05, 3.63) is 0 Å². The fourth-order valence-electron chi connectivity index (χ4n) is 2.25. The van der Waals surface area contributed by atoms with Gasteiger partial charge in [-0.1, -0.05) is 20.8 Å². The van der Waals surface area contributed by atoms with Gasteiger partial charge in [0.05, 0.1) is 6.10 Å². The summed E-state index contributed by atoms with van der Waals surface area (Å²) in [5, 5.41) is 9.50. The topological polar surface area (TPSA) is 37.3 Å². The van der Waals surface area contributed by atoms with E-state index < -0.39 is 0 Å². The van der Waals surface area contributed by atoms with Crippen LogP contribution < -0.4 is 0 Å². The highest BCUT2D eigenvalue weighted by atomic mass is 16.3. The van der Waals surface area contributed by atoms with Crippen LogP contribution in [0, 0.1) is 10.8 Å². The highest BCUT2D eigenvalue weighted by Gasteiger charge is 2.51. The Kier molecular flexibility index (Phi) is 2.07. The van der Waals surface area contributed by atoms with E-state index in [9.17, 15) is 9.90 Å². The third-order valence-corrected chi connectivity index (χ3v) is 3.66. The third-order valence-electron chi connectivity index (χ3n) is 3.66. The van der Waals surface area contributed by atoms with Gasteiger partial charge in [0.25, 0.3) is 0 Å². The SMILES string of the molecule is CC(=O)C1(C)CC(O)CC1(C)C. The lowest BCUT2D eigenvalue weighted by atomic mass is 9.67. The first kappa shape index (κ1) is 9.72. The molecule has 2 unspecified atom stereocenters. The van der Waals surface area contributed by atoms with Crippen molar-refractivity contribution in [2.45, 2.75) is 46.6 Å². The predicted molar refractivity (Wildman–Crippen MR) is 47.8 cm³/mol. The molecular weight excluding hydrogens is 152 g/mol. The Balaban J connectivity index is 2.98. The molecule has 0 aromatic carbocycles. The zero-order valence-corrected chi connectivity index (χ0v) is 8.35. The molecule has 0 heterocycles. The van der Waals surface area contributed by atoms with E-state index in [1.54, 1.807) is 6.92 Å². The van der Waals surface area contributed by atoms with Gasteiger partial charge >= 0.3 is 0 Å². The molecule has 0 saturated heterocycles. The summed E-state index contributed by atoms with van der Waals surface area (Å²) >= 11 is 0. The molecule has 1 fully saturated rings. The van der Waals surface area contributed by atoms with E-state index in [-0.39, 0.29) is 22.7 Å². The lowest BCUT2D eigenvalue weighted by molar-refractivity contribution is -0.130. The second-order valence-electron chi connectivity index (χ2n) is 4.83. The molecule has 0 aromatic heterocycles. The van der Waals surface area contributed by atoms with Crippen molar-refractivity contribution in [1.29, 1.82) is 0 Å². The molecule has 2 nitrogen and oxygen atoms in total. The summed E-state index contributed by atoms with van der Waals surface area (Å²) in [6.07, 6.45) is 1.06. The summed E-state index contributed by atoms with van der Waals surface area (Å²) in [6.45, 7) is 7.71. The van der Waals surface area contributed by atoms with Gasteiger partial charge in [-0.3, -0.25) is 4.79 Å². The molecule has 1 aliphatic rings. The molecule has 2 atom stereocenters. The molecule has 0 bridgehead atoms. The van der Waals surface area contributed by atoms with Gasteiger partial charge in [-0.15, -0.1) is 0 Å². The minimum atomic E-state index is -0.327. The molecule has 1 aliphatic carbocycles. The van der Waals surface area contributed by atoms with Gasteiger partial charge in [0.15, 0.2) is 0 Å². The number of hydrogen-bond acceptors (Lipinski definition) is 2. The van der Waals surface area contributed by atoms with Crippen molar-refractivity contribution in [3.8, 4) is 0 Å². The lowest BCUT2D eigenvalue weighted by Crippen LogP contribution is -2.36. The molecule has 0 radical (unpaired) electrons. The maximum atomic E-state index is 11.4. The minimum absolute atomic E-state index is 0.0573. The quantitative estimate of drug-likeness (QED) is 0.651. The molecule has 70 valence electrons. The summed E-state index contributed by atoms with van der Waals surface area (Å²) in [7, 11) is 0. The molecule has 0 spiro atoms. The van der Waals surface area contributed by atoms with E-state index in [0.717, 1.165) is 6.42 Å². The van der Waals surface area contributed by atoms with Crippen molar-refractivity contribution < 1.29 is 9.90 Å². The highest BCUT2D eigenvalue weighted by molar-refractivity contribution is 5.83. The van der Waals surface area contributed by atoms with Crippen LogP contribution >= 0.6 is 0 Å². The lowest BCUT2D eigenvalue weighted by Gasteiger charge is -2.35. The van der Waals surface area contributed by atoms with Gasteiger partial charge < -0.3 is 5.11 Å². The first-order valence-corrected chi connectivity index (χ1v) is 4.49. The van der Waals surface area contributed by atoms with Crippen LogP contribution in [0.2, 0.25) is 0 Å². The van der Waals surface area contributed by atoms with Crippen molar-refractivity contribution in [1.82, 2.24) is 0 Å². The first-order chi connectivity index (χ1) is 5.29. The second-order valence-corrected chi connectivity index (χ2v) is 4.83. The number of Topliss-reactive ketones (excluding diaryl/α,β-unsaturated/α-hetero) is 1. The monoisotopic (exact) mass is 170 g/mol. The molecule has 1 rings (SSSR count). The highest BCUT2D eigenvalue weighted by Crippen LogP contribution is 2.52. The van der Waals surface area contributed by atoms with Crippen LogP contribution in [0.5, 0.6) is 0 Å². The normalized spacial score (nSPS) is 39.9. The zero-order chi connectivity index (χ0) is 9.57. The van der Waals surface area contributed by atoms with Gasteiger partial charge in [0.1, 0.15) is 5.78 Å². The van der Waals surface area contributed by atoms with Gasteiger partial charge in [-0.05, 0) is 25.2 Å². The van der Waals surface area contributed by atoms with Crippen LogP contribution in [0.1, 0.15) is 40.5 Å². The number of ketones is 1. The van der Waals surface area contributed by atoms with Crippen LogP contribution in [0.25, 0.3) is 0 Å². The summed E-state index contributed by atoms with van der Waals surface area (Å²) in [5.74, 6) is 0.198. The Bertz CT molecular complexity index is 208. The predicted octanol–water partition coefficient (Wildman–Crippen LogP) is 1.76. The number of aliphatic hydroxyl groups excluding tert-OH is 1. The maximum absolute atomic E-state index is 11.4. The van der Waals surface area contributed by atoms with Gasteiger partial charge in [0, 0.05) is 5.41 Å². The van der Waals surface area contributed by atoms with Crippen molar-refractivity contribution >= 4 is 5.78 Å². The first-order valence-electron chi connectivity index (χ1n) is 4.49. The fraction of sp³-hybridized carbons (Fsp3) is 0.900. The van der Waals surface area contributed by atoms with E-state index in [1.807, 2.05) is 6.92 Å². The molecule has 1 N–H and O–H groups in total. The van der Waals surface area contributed by atoms with Gasteiger partial charge in [0.2, 0.25) is 0 Å². The van der Waals surface area contributed by atoms with Crippen molar-refractivity contribution in [2.24, 2.45) is 10.8 Å². The largest absolute Gasteiger partial charge is 0.393 e. The number of carbonyl (C=O) groups excluding carboxylic acids is 1. The van der Waals surface area contributed by atoms with E-state index in [4.69, 9.17) is 0 Å². The van der Waals surface area contributed by atoms with Crippen LogP contribution in [0.15, 0.2) is 0 Å². The number of hydrogen-bond donors (Lipinski definition) is 1. The Hall–Kier alpha value is -0.370. The van der Waals surface area contributed by atoms with E-state index in [1.165, 1.54) is 0 Å². The average Bonchev–Trinajstić information content (AvgIpc) is 2.02. The number of rotatable bonds is 1. The Morgan fingerprint density at radius 3 is 2.00 bits per heavy atom. The summed E-state index contributed by atoms with van der Waals surface area (Å²) in [5.41, 5.74) is -0.384. The van der Waals surface area contributed by atoms with Crippen LogP contribution in [-0.2, 0) is 4.79 Å². The smallest absolute Gasteiger partial charge is 0.136 e. The van der Waals surface area contributed by atoms with Crippen LogP contribution in [0.4, 0.5) is 0 Å². The Morgan fingerprint density at radius 2 is 1.83 bits per heavy atom. The molecule has 1 saturated carbocycles. The Labute approximate surface area is 74.0 Å². The fourth-order valence-corrected chi connectivity index (χ4v) is 2.25. The summed E-state index contributed by atoms with van der Waals surface area (Å²) in [4.78, 5) is 11.4. The van der Waals surface area contributed by atoms with Crippen molar-refractivity contribution in [3.63, 3.8) is 0 Å². The van der Waals surface area contributed by atoms with E-state index >= 15 is 0 Å². The molecular formula is C10H18O2. The number of carbonyl (C=O) groups is 1. The van der Waals surface area contributed by atoms with E-state index in [0.29, 0.717) is 6.42 Å². The molecule has 2 heteroatoms. The van der Waals surface area contributed by atoms with Crippen LogP contribution in [-0.4, -0.2) is 17.0 Å². The Morgan fingerprint density at radius 1 is 1.33 bits per heavy atom. The standard InChI is InChI=1S/C10H18O2/c1-7(11)10(4)6-8(12)5-9(10,2)3/h8,12H,5-6H2,1-4H3. The van der Waals surface area contributed by atoms with Crippen molar-refractivity contribution in [2.75, 3.05) is 0 Å². The van der Waals surface area contributed by atoms with E-state index in [2.05, 4.69) is 13.8 Å². The average molecular weight is 170 g/mol. The molecule has 0 aliphatic heterocycles. The molecule has 0 amide bonds. The van der Waals surface area contributed by atoms with Gasteiger partial charge in [-0.25, -0.2) is 0 Å². The maximum Gasteiger partial charge on any atom is 0.136 e.